The number of pyridine rings is 1. The lowest BCUT2D eigenvalue weighted by Crippen LogP contribution is -2.25. The smallest absolute Gasteiger partial charge is 0.342 e. The molecule has 0 spiro atoms. The Kier molecular flexibility index (Phi) is 6.32. The number of carbonyl (C=O) groups excluding carboxylic acids is 2. The predicted molar refractivity (Wildman–Crippen MR) is 132 cm³/mol. The van der Waals surface area contributed by atoms with E-state index in [2.05, 4.69) is 26.3 Å². The monoisotopic (exact) mass is 505 g/mol. The van der Waals surface area contributed by atoms with Gasteiger partial charge in [0.25, 0.3) is 5.91 Å². The van der Waals surface area contributed by atoms with Gasteiger partial charge in [-0.25, -0.2) is 15.0 Å². The maximum absolute atomic E-state index is 12.7. The number of likely N-dealkylation sites (tertiary alicyclic amines) is 1. The Labute approximate surface area is 210 Å². The van der Waals surface area contributed by atoms with Gasteiger partial charge in [-0.15, -0.1) is 0 Å². The number of halogens is 3. The quantitative estimate of drug-likeness (QED) is 0.407. The molecule has 1 fully saturated rings. The van der Waals surface area contributed by atoms with Crippen LogP contribution in [0.2, 0.25) is 0 Å². The number of fused-ring (bicyclic) bond motifs is 1. The topological polar surface area (TPSA) is 88.1 Å². The second-order valence-corrected chi connectivity index (χ2v) is 8.94. The van der Waals surface area contributed by atoms with Gasteiger partial charge in [0.2, 0.25) is 5.91 Å². The van der Waals surface area contributed by atoms with Crippen molar-refractivity contribution < 1.29 is 22.8 Å². The van der Waals surface area contributed by atoms with E-state index in [0.717, 1.165) is 46.1 Å². The molecule has 1 aliphatic heterocycles. The first-order valence-electron chi connectivity index (χ1n) is 11.6. The molecular weight excluding hydrogens is 483 g/mol. The van der Waals surface area contributed by atoms with Crippen molar-refractivity contribution in [1.82, 2.24) is 19.9 Å². The van der Waals surface area contributed by atoms with Crippen LogP contribution in [0.3, 0.4) is 0 Å². The molecule has 2 aromatic heterocycles. The lowest BCUT2D eigenvalue weighted by Gasteiger charge is -2.17. The molecule has 3 heterocycles. The summed E-state index contributed by atoms with van der Waals surface area (Å²) in [6, 6.07) is 12.9. The third-order valence-corrected chi connectivity index (χ3v) is 6.52. The summed E-state index contributed by atoms with van der Waals surface area (Å²) < 4.78 is 38.2. The fraction of sp³-hybridized carbons (Fsp3) is 0.222. The molecule has 5 rings (SSSR count). The number of hydrogen-bond donors (Lipinski definition) is 1. The Bertz CT molecular complexity index is 1470. The molecule has 2 aromatic carbocycles. The van der Waals surface area contributed by atoms with E-state index in [1.807, 2.05) is 11.0 Å². The van der Waals surface area contributed by atoms with E-state index in [1.165, 1.54) is 6.33 Å². The van der Waals surface area contributed by atoms with Gasteiger partial charge in [-0.3, -0.25) is 9.59 Å². The zero-order valence-corrected chi connectivity index (χ0v) is 19.8. The number of rotatable bonds is 4. The molecule has 10 heteroatoms. The molecule has 188 valence electrons. The average molecular weight is 506 g/mol. The van der Waals surface area contributed by atoms with Crippen LogP contribution in [0.25, 0.3) is 22.0 Å². The van der Waals surface area contributed by atoms with Crippen molar-refractivity contribution in [3.05, 3.63) is 83.9 Å². The van der Waals surface area contributed by atoms with Gasteiger partial charge in [0.05, 0.1) is 11.1 Å². The molecule has 0 saturated carbocycles. The molecule has 1 N–H and O–H groups in total. The zero-order valence-electron chi connectivity index (χ0n) is 19.8. The maximum atomic E-state index is 12.7. The van der Waals surface area contributed by atoms with E-state index in [9.17, 15) is 22.8 Å². The molecular formula is C27H22F3N5O2. The average Bonchev–Trinajstić information content (AvgIpc) is 3.39. The molecule has 0 bridgehead atoms. The summed E-state index contributed by atoms with van der Waals surface area (Å²) in [5.41, 5.74) is 3.15. The van der Waals surface area contributed by atoms with Crippen LogP contribution in [0.15, 0.2) is 67.3 Å². The molecule has 4 aromatic rings. The number of aromatic nitrogens is 3. The highest BCUT2D eigenvalue weighted by Crippen LogP contribution is 2.35. The SMILES string of the molecule is CC(=O)N1CCC(c2cc(-c3ccc(C(=O)Nc4ccc(C(F)(F)F)cn4)cc3)cc3cncnc23)C1. The number of nitrogens with zero attached hydrogens (tertiary/aromatic N) is 4. The van der Waals surface area contributed by atoms with E-state index >= 15 is 0 Å². The first-order valence-corrected chi connectivity index (χ1v) is 11.6. The van der Waals surface area contributed by atoms with Crippen LogP contribution in [0.5, 0.6) is 0 Å². The number of anilines is 1. The van der Waals surface area contributed by atoms with Gasteiger partial charge in [0, 0.05) is 49.3 Å². The normalized spacial score (nSPS) is 15.7. The van der Waals surface area contributed by atoms with Crippen LogP contribution < -0.4 is 5.32 Å². The van der Waals surface area contributed by atoms with Gasteiger partial charge in [0.1, 0.15) is 12.1 Å². The molecule has 0 radical (unpaired) electrons. The van der Waals surface area contributed by atoms with Gasteiger partial charge in [-0.1, -0.05) is 12.1 Å². The van der Waals surface area contributed by atoms with Gasteiger partial charge in [-0.2, -0.15) is 13.2 Å². The van der Waals surface area contributed by atoms with Crippen LogP contribution in [0.4, 0.5) is 19.0 Å². The fourth-order valence-electron chi connectivity index (χ4n) is 4.55. The number of hydrogen-bond acceptors (Lipinski definition) is 5. The highest BCUT2D eigenvalue weighted by atomic mass is 19.4. The lowest BCUT2D eigenvalue weighted by atomic mass is 9.91. The summed E-state index contributed by atoms with van der Waals surface area (Å²) in [4.78, 5) is 38.6. The van der Waals surface area contributed by atoms with Crippen LogP contribution in [0, 0.1) is 0 Å². The Balaban J connectivity index is 1.38. The number of carbonyl (C=O) groups is 2. The predicted octanol–water partition coefficient (Wildman–Crippen LogP) is 5.30. The molecule has 7 nitrogen and oxygen atoms in total. The van der Waals surface area contributed by atoms with Crippen molar-refractivity contribution >= 4 is 28.5 Å². The number of alkyl halides is 3. The van der Waals surface area contributed by atoms with Crippen molar-refractivity contribution in [2.45, 2.75) is 25.4 Å². The van der Waals surface area contributed by atoms with Crippen molar-refractivity contribution in [1.29, 1.82) is 0 Å². The van der Waals surface area contributed by atoms with Gasteiger partial charge >= 0.3 is 6.18 Å². The van der Waals surface area contributed by atoms with Crippen molar-refractivity contribution in [2.24, 2.45) is 0 Å². The standard InChI is InChI=1S/C27H22F3N5O2/c1-16(36)35-9-8-19(14-35)23-11-20(10-21-12-31-15-33-25(21)23)17-2-4-18(5-3-17)26(37)34-24-7-6-22(13-32-24)27(28,29)30/h2-7,10-13,15,19H,8-9,14H2,1H3,(H,32,34,37). The molecule has 2 amide bonds. The van der Waals surface area contributed by atoms with Crippen molar-refractivity contribution in [3.8, 4) is 11.1 Å². The Hall–Kier alpha value is -4.34. The van der Waals surface area contributed by atoms with E-state index < -0.39 is 17.6 Å². The largest absolute Gasteiger partial charge is 0.417 e. The molecule has 1 atom stereocenters. The summed E-state index contributed by atoms with van der Waals surface area (Å²) >= 11 is 0. The van der Waals surface area contributed by atoms with Crippen LogP contribution in [-0.2, 0) is 11.0 Å². The van der Waals surface area contributed by atoms with Crippen LogP contribution >= 0.6 is 0 Å². The summed E-state index contributed by atoms with van der Waals surface area (Å²) in [6.07, 6.45) is 0.303. The molecule has 0 aliphatic carbocycles. The van der Waals surface area contributed by atoms with E-state index in [-0.39, 0.29) is 17.6 Å². The van der Waals surface area contributed by atoms with E-state index in [1.54, 1.807) is 37.4 Å². The van der Waals surface area contributed by atoms with Crippen LogP contribution in [-0.4, -0.2) is 44.8 Å². The first-order chi connectivity index (χ1) is 17.7. The highest BCUT2D eigenvalue weighted by Gasteiger charge is 2.31. The van der Waals surface area contributed by atoms with E-state index in [4.69, 9.17) is 0 Å². The number of nitrogens with one attached hydrogen (secondary N) is 1. The Morgan fingerprint density at radius 1 is 1.00 bits per heavy atom. The third-order valence-electron chi connectivity index (χ3n) is 6.52. The Morgan fingerprint density at radius 2 is 1.78 bits per heavy atom. The zero-order chi connectivity index (χ0) is 26.2. The number of benzene rings is 2. The molecule has 1 unspecified atom stereocenters. The Morgan fingerprint density at radius 3 is 2.43 bits per heavy atom. The lowest BCUT2D eigenvalue weighted by molar-refractivity contribution is -0.137. The third kappa shape index (κ3) is 5.13. The molecule has 37 heavy (non-hydrogen) atoms. The summed E-state index contributed by atoms with van der Waals surface area (Å²) in [5, 5.41) is 3.39. The van der Waals surface area contributed by atoms with Crippen molar-refractivity contribution in [2.75, 3.05) is 18.4 Å². The fourth-order valence-corrected chi connectivity index (χ4v) is 4.55. The van der Waals surface area contributed by atoms with E-state index in [0.29, 0.717) is 24.8 Å². The van der Waals surface area contributed by atoms with Crippen LogP contribution in [0.1, 0.15) is 40.7 Å². The van der Waals surface area contributed by atoms with Gasteiger partial charge < -0.3 is 10.2 Å². The second-order valence-electron chi connectivity index (χ2n) is 8.94. The highest BCUT2D eigenvalue weighted by molar-refractivity contribution is 6.04. The minimum Gasteiger partial charge on any atom is -0.342 e. The first kappa shape index (κ1) is 24.4. The molecule has 1 saturated heterocycles. The summed E-state index contributed by atoms with van der Waals surface area (Å²) in [6.45, 7) is 2.91. The minimum atomic E-state index is -4.50. The molecule has 1 aliphatic rings. The maximum Gasteiger partial charge on any atom is 0.417 e. The van der Waals surface area contributed by atoms with Gasteiger partial charge in [0.15, 0.2) is 0 Å². The van der Waals surface area contributed by atoms with Gasteiger partial charge in [-0.05, 0) is 59.5 Å². The second kappa shape index (κ2) is 9.61. The summed E-state index contributed by atoms with van der Waals surface area (Å²) in [5.74, 6) is -0.250. The number of amides is 2. The summed E-state index contributed by atoms with van der Waals surface area (Å²) in [7, 11) is 0. The van der Waals surface area contributed by atoms with Crippen molar-refractivity contribution in [3.63, 3.8) is 0 Å². The minimum absolute atomic E-state index is 0.0254.